The summed E-state index contributed by atoms with van der Waals surface area (Å²) in [5.41, 5.74) is -0.934. The molecule has 0 aliphatic carbocycles. The summed E-state index contributed by atoms with van der Waals surface area (Å²) in [6.45, 7) is 6.25. The number of hydrogen-bond acceptors (Lipinski definition) is 4. The van der Waals surface area contributed by atoms with Gasteiger partial charge in [-0.25, -0.2) is 4.98 Å². The van der Waals surface area contributed by atoms with Gasteiger partial charge in [0.05, 0.1) is 0 Å². The first kappa shape index (κ1) is 14.5. The lowest BCUT2D eigenvalue weighted by Gasteiger charge is -2.27. The Morgan fingerprint density at radius 3 is 2.33 bits per heavy atom. The lowest BCUT2D eigenvalue weighted by Crippen LogP contribution is -2.31. The van der Waals surface area contributed by atoms with Crippen LogP contribution in [0.15, 0.2) is 6.07 Å². The van der Waals surface area contributed by atoms with Crippen molar-refractivity contribution in [1.29, 1.82) is 0 Å². The van der Waals surface area contributed by atoms with Gasteiger partial charge in [-0.2, -0.15) is 18.2 Å². The summed E-state index contributed by atoms with van der Waals surface area (Å²) < 4.78 is 38.1. The fraction of sp³-hybridized carbons (Fsp3) is 0.636. The molecule has 1 heterocycles. The first-order valence-corrected chi connectivity index (χ1v) is 5.70. The van der Waals surface area contributed by atoms with Crippen LogP contribution in [0.5, 0.6) is 0 Å². The Kier molecular flexibility index (Phi) is 4.37. The molecule has 0 saturated heterocycles. The Labute approximate surface area is 104 Å². The largest absolute Gasteiger partial charge is 0.433 e. The van der Waals surface area contributed by atoms with Crippen molar-refractivity contribution in [3.8, 4) is 0 Å². The second-order valence-electron chi connectivity index (χ2n) is 4.06. The van der Waals surface area contributed by atoms with Crippen LogP contribution in [-0.2, 0) is 6.18 Å². The van der Waals surface area contributed by atoms with Crippen molar-refractivity contribution in [3.05, 3.63) is 11.8 Å². The van der Waals surface area contributed by atoms with E-state index in [-0.39, 0.29) is 17.8 Å². The van der Waals surface area contributed by atoms with Crippen molar-refractivity contribution in [2.24, 2.45) is 0 Å². The summed E-state index contributed by atoms with van der Waals surface area (Å²) in [6, 6.07) is 1.04. The quantitative estimate of drug-likeness (QED) is 0.906. The van der Waals surface area contributed by atoms with Gasteiger partial charge < -0.3 is 10.2 Å². The van der Waals surface area contributed by atoms with E-state index in [9.17, 15) is 13.2 Å². The van der Waals surface area contributed by atoms with Crippen molar-refractivity contribution < 1.29 is 13.2 Å². The smallest absolute Gasteiger partial charge is 0.357 e. The molecule has 0 amide bonds. The molecule has 0 aromatic carbocycles. The zero-order valence-corrected chi connectivity index (χ0v) is 10.8. The van der Waals surface area contributed by atoms with Crippen LogP contribution in [0, 0.1) is 0 Å². The highest BCUT2D eigenvalue weighted by Crippen LogP contribution is 2.30. The van der Waals surface area contributed by atoms with Gasteiger partial charge in [0.25, 0.3) is 0 Å². The molecule has 4 nitrogen and oxygen atoms in total. The van der Waals surface area contributed by atoms with Crippen molar-refractivity contribution in [2.45, 2.75) is 33.0 Å². The monoisotopic (exact) mass is 262 g/mol. The summed E-state index contributed by atoms with van der Waals surface area (Å²) in [5, 5.41) is 2.55. The van der Waals surface area contributed by atoms with E-state index in [0.29, 0.717) is 6.54 Å². The SMILES string of the molecule is CCN(c1cc(C(F)(F)F)nc(NC)n1)C(C)C. The molecule has 18 heavy (non-hydrogen) atoms. The minimum atomic E-state index is -4.47. The first-order chi connectivity index (χ1) is 8.29. The minimum Gasteiger partial charge on any atom is -0.357 e. The lowest BCUT2D eigenvalue weighted by atomic mass is 10.3. The van der Waals surface area contributed by atoms with Crippen molar-refractivity contribution in [2.75, 3.05) is 23.8 Å². The van der Waals surface area contributed by atoms with Gasteiger partial charge in [-0.1, -0.05) is 0 Å². The molecule has 0 atom stereocenters. The molecule has 0 saturated carbocycles. The fourth-order valence-corrected chi connectivity index (χ4v) is 1.63. The van der Waals surface area contributed by atoms with Crippen LogP contribution in [-0.4, -0.2) is 29.6 Å². The predicted molar refractivity (Wildman–Crippen MR) is 64.7 cm³/mol. The molecule has 102 valence electrons. The highest BCUT2D eigenvalue weighted by atomic mass is 19.4. The molecule has 1 N–H and O–H groups in total. The van der Waals surface area contributed by atoms with E-state index < -0.39 is 11.9 Å². The summed E-state index contributed by atoms with van der Waals surface area (Å²) in [7, 11) is 1.49. The standard InChI is InChI=1S/C11H17F3N4/c1-5-18(7(2)3)9-6-8(11(12,13)14)16-10(15-4)17-9/h6-7H,5H2,1-4H3,(H,15,16,17). The predicted octanol–water partition coefficient (Wildman–Crippen LogP) is 2.77. The normalized spacial score (nSPS) is 11.8. The second kappa shape index (κ2) is 5.41. The Morgan fingerprint density at radius 2 is 1.94 bits per heavy atom. The van der Waals surface area contributed by atoms with Gasteiger partial charge in [0.1, 0.15) is 5.82 Å². The molecular weight excluding hydrogens is 245 g/mol. The van der Waals surface area contributed by atoms with Crippen LogP contribution in [0.1, 0.15) is 26.5 Å². The van der Waals surface area contributed by atoms with E-state index in [0.717, 1.165) is 6.07 Å². The number of alkyl halides is 3. The van der Waals surface area contributed by atoms with Crippen LogP contribution in [0.2, 0.25) is 0 Å². The van der Waals surface area contributed by atoms with Gasteiger partial charge in [-0.3, -0.25) is 0 Å². The van der Waals surface area contributed by atoms with Gasteiger partial charge in [0.15, 0.2) is 5.69 Å². The number of rotatable bonds is 4. The number of nitrogens with zero attached hydrogens (tertiary/aromatic N) is 3. The summed E-state index contributed by atoms with van der Waals surface area (Å²) >= 11 is 0. The van der Waals surface area contributed by atoms with E-state index in [2.05, 4.69) is 15.3 Å². The summed E-state index contributed by atoms with van der Waals surface area (Å²) in [5.74, 6) is 0.248. The zero-order valence-electron chi connectivity index (χ0n) is 10.8. The van der Waals surface area contributed by atoms with E-state index >= 15 is 0 Å². The van der Waals surface area contributed by atoms with Crippen LogP contribution in [0.3, 0.4) is 0 Å². The van der Waals surface area contributed by atoms with Crippen molar-refractivity contribution in [3.63, 3.8) is 0 Å². The zero-order chi connectivity index (χ0) is 13.9. The molecule has 0 radical (unpaired) electrons. The lowest BCUT2D eigenvalue weighted by molar-refractivity contribution is -0.141. The van der Waals surface area contributed by atoms with Crippen LogP contribution < -0.4 is 10.2 Å². The van der Waals surface area contributed by atoms with E-state index in [1.54, 1.807) is 4.90 Å². The molecule has 1 aromatic rings. The Bertz CT molecular complexity index is 404. The van der Waals surface area contributed by atoms with Gasteiger partial charge in [0, 0.05) is 25.7 Å². The van der Waals surface area contributed by atoms with Crippen molar-refractivity contribution in [1.82, 2.24) is 9.97 Å². The van der Waals surface area contributed by atoms with Gasteiger partial charge in [-0.15, -0.1) is 0 Å². The average Bonchev–Trinajstić information content (AvgIpc) is 2.27. The molecular formula is C11H17F3N4. The molecule has 0 fully saturated rings. The minimum absolute atomic E-state index is 0.0288. The maximum absolute atomic E-state index is 12.7. The molecule has 0 unspecified atom stereocenters. The van der Waals surface area contributed by atoms with Crippen LogP contribution in [0.25, 0.3) is 0 Å². The molecule has 0 aliphatic rings. The number of hydrogen-bond donors (Lipinski definition) is 1. The third-order valence-corrected chi connectivity index (χ3v) is 2.48. The Balaban J connectivity index is 3.27. The Hall–Kier alpha value is -1.53. The number of aromatic nitrogens is 2. The van der Waals surface area contributed by atoms with Crippen LogP contribution >= 0.6 is 0 Å². The maximum Gasteiger partial charge on any atom is 0.433 e. The fourth-order valence-electron chi connectivity index (χ4n) is 1.63. The van der Waals surface area contributed by atoms with Crippen LogP contribution in [0.4, 0.5) is 24.9 Å². The topological polar surface area (TPSA) is 41.1 Å². The summed E-state index contributed by atoms with van der Waals surface area (Å²) in [6.07, 6.45) is -4.47. The first-order valence-electron chi connectivity index (χ1n) is 5.70. The molecule has 0 bridgehead atoms. The number of nitrogens with one attached hydrogen (secondary N) is 1. The third kappa shape index (κ3) is 3.24. The van der Waals surface area contributed by atoms with Gasteiger partial charge in [-0.05, 0) is 20.8 Å². The molecule has 0 spiro atoms. The molecule has 1 rings (SSSR count). The van der Waals surface area contributed by atoms with Crippen molar-refractivity contribution >= 4 is 11.8 Å². The van der Waals surface area contributed by atoms with Gasteiger partial charge >= 0.3 is 6.18 Å². The summed E-state index contributed by atoms with van der Waals surface area (Å²) in [4.78, 5) is 9.26. The highest BCUT2D eigenvalue weighted by Gasteiger charge is 2.34. The van der Waals surface area contributed by atoms with Gasteiger partial charge in [0.2, 0.25) is 5.95 Å². The number of halogens is 3. The van der Waals surface area contributed by atoms with E-state index in [4.69, 9.17) is 0 Å². The second-order valence-corrected chi connectivity index (χ2v) is 4.06. The highest BCUT2D eigenvalue weighted by molar-refractivity contribution is 5.46. The number of anilines is 2. The Morgan fingerprint density at radius 1 is 1.33 bits per heavy atom. The third-order valence-electron chi connectivity index (χ3n) is 2.48. The molecule has 1 aromatic heterocycles. The molecule has 0 aliphatic heterocycles. The van der Waals surface area contributed by atoms with E-state index in [1.165, 1.54) is 7.05 Å². The maximum atomic E-state index is 12.7. The molecule has 7 heteroatoms. The van der Waals surface area contributed by atoms with E-state index in [1.807, 2.05) is 20.8 Å². The average molecular weight is 262 g/mol.